The van der Waals surface area contributed by atoms with Crippen LogP contribution in [0.2, 0.25) is 0 Å². The number of rotatable bonds is 6. The fraction of sp³-hybridized carbons (Fsp3) is 0.500. The summed E-state index contributed by atoms with van der Waals surface area (Å²) in [6.07, 6.45) is 1.01. The summed E-state index contributed by atoms with van der Waals surface area (Å²) in [6.45, 7) is 4.48. The van der Waals surface area contributed by atoms with Crippen LogP contribution in [0.3, 0.4) is 0 Å². The van der Waals surface area contributed by atoms with E-state index in [1.54, 1.807) is 12.1 Å². The molecule has 0 radical (unpaired) electrons. The van der Waals surface area contributed by atoms with Crippen molar-refractivity contribution in [1.29, 1.82) is 0 Å². The van der Waals surface area contributed by atoms with Crippen LogP contribution in [0.25, 0.3) is 0 Å². The zero-order valence-electron chi connectivity index (χ0n) is 10.7. The standard InChI is InChI=1S/C14H19BrFNO/c1-9(2)6-11(8-17)13(18)7-10-4-3-5-12(16)14(10)15/h3-5,9,11H,6-8,17H2,1-2H3. The van der Waals surface area contributed by atoms with Crippen molar-refractivity contribution in [3.05, 3.63) is 34.1 Å². The van der Waals surface area contributed by atoms with Crippen LogP contribution < -0.4 is 5.73 Å². The van der Waals surface area contributed by atoms with Gasteiger partial charge in [-0.1, -0.05) is 26.0 Å². The lowest BCUT2D eigenvalue weighted by Crippen LogP contribution is -2.26. The number of ketones is 1. The molecule has 0 bridgehead atoms. The summed E-state index contributed by atoms with van der Waals surface area (Å²) in [5.41, 5.74) is 6.32. The van der Waals surface area contributed by atoms with Gasteiger partial charge in [0.25, 0.3) is 0 Å². The van der Waals surface area contributed by atoms with E-state index >= 15 is 0 Å². The quantitative estimate of drug-likeness (QED) is 0.875. The topological polar surface area (TPSA) is 43.1 Å². The van der Waals surface area contributed by atoms with Gasteiger partial charge >= 0.3 is 0 Å². The van der Waals surface area contributed by atoms with Gasteiger partial charge in [0, 0.05) is 18.9 Å². The number of carbonyl (C=O) groups excluding carboxylic acids is 1. The molecular weight excluding hydrogens is 297 g/mol. The Hall–Kier alpha value is -0.740. The highest BCUT2D eigenvalue weighted by atomic mass is 79.9. The number of Topliss-reactive ketones (excluding diaryl/α,β-unsaturated/α-hetero) is 1. The molecule has 0 saturated carbocycles. The van der Waals surface area contributed by atoms with Crippen molar-refractivity contribution in [3.8, 4) is 0 Å². The van der Waals surface area contributed by atoms with Crippen LogP contribution in [0.5, 0.6) is 0 Å². The average molecular weight is 316 g/mol. The van der Waals surface area contributed by atoms with E-state index in [-0.39, 0.29) is 23.9 Å². The third-order valence-electron chi connectivity index (χ3n) is 2.89. The lowest BCUT2D eigenvalue weighted by molar-refractivity contribution is -0.122. The SMILES string of the molecule is CC(C)CC(CN)C(=O)Cc1cccc(F)c1Br. The Kier molecular flexibility index (Phi) is 5.96. The van der Waals surface area contributed by atoms with E-state index in [0.29, 0.717) is 22.5 Å². The second-order valence-electron chi connectivity index (χ2n) is 4.92. The first-order chi connectivity index (χ1) is 8.45. The normalized spacial score (nSPS) is 12.8. The average Bonchev–Trinajstić information content (AvgIpc) is 2.31. The predicted octanol–water partition coefficient (Wildman–Crippen LogP) is 3.32. The molecule has 0 aliphatic carbocycles. The molecule has 1 unspecified atom stereocenters. The largest absolute Gasteiger partial charge is 0.330 e. The molecule has 0 fully saturated rings. The van der Waals surface area contributed by atoms with Gasteiger partial charge < -0.3 is 5.73 Å². The van der Waals surface area contributed by atoms with Crippen LogP contribution in [0.15, 0.2) is 22.7 Å². The van der Waals surface area contributed by atoms with Crippen molar-refractivity contribution >= 4 is 21.7 Å². The molecule has 1 aromatic carbocycles. The molecule has 2 N–H and O–H groups in total. The summed E-state index contributed by atoms with van der Waals surface area (Å²) < 4.78 is 13.7. The Morgan fingerprint density at radius 1 is 1.44 bits per heavy atom. The number of carbonyl (C=O) groups is 1. The lowest BCUT2D eigenvalue weighted by Gasteiger charge is -2.16. The minimum atomic E-state index is -0.339. The third kappa shape index (κ3) is 4.18. The molecular formula is C14H19BrFNO. The van der Waals surface area contributed by atoms with E-state index in [9.17, 15) is 9.18 Å². The minimum absolute atomic E-state index is 0.0810. The first kappa shape index (κ1) is 15.3. The predicted molar refractivity (Wildman–Crippen MR) is 74.8 cm³/mol. The zero-order chi connectivity index (χ0) is 13.7. The zero-order valence-corrected chi connectivity index (χ0v) is 12.3. The highest BCUT2D eigenvalue weighted by Crippen LogP contribution is 2.23. The molecule has 0 aliphatic rings. The maximum Gasteiger partial charge on any atom is 0.141 e. The van der Waals surface area contributed by atoms with E-state index in [0.717, 1.165) is 6.42 Å². The Balaban J connectivity index is 2.77. The van der Waals surface area contributed by atoms with Crippen LogP contribution in [-0.4, -0.2) is 12.3 Å². The Morgan fingerprint density at radius 2 is 2.11 bits per heavy atom. The van der Waals surface area contributed by atoms with Gasteiger partial charge in [0.15, 0.2) is 0 Å². The first-order valence-electron chi connectivity index (χ1n) is 6.11. The maximum atomic E-state index is 13.3. The highest BCUT2D eigenvalue weighted by Gasteiger charge is 2.19. The molecule has 18 heavy (non-hydrogen) atoms. The summed E-state index contributed by atoms with van der Waals surface area (Å²) in [7, 11) is 0. The second-order valence-corrected chi connectivity index (χ2v) is 5.71. The number of nitrogens with two attached hydrogens (primary N) is 1. The van der Waals surface area contributed by atoms with Gasteiger partial charge in [-0.25, -0.2) is 4.39 Å². The van der Waals surface area contributed by atoms with E-state index < -0.39 is 0 Å². The van der Waals surface area contributed by atoms with Gasteiger partial charge in [-0.15, -0.1) is 0 Å². The smallest absolute Gasteiger partial charge is 0.141 e. The monoisotopic (exact) mass is 315 g/mol. The van der Waals surface area contributed by atoms with Gasteiger partial charge in [0.2, 0.25) is 0 Å². The fourth-order valence-electron chi connectivity index (χ4n) is 1.95. The van der Waals surface area contributed by atoms with E-state index in [2.05, 4.69) is 29.8 Å². The molecule has 0 aromatic heterocycles. The van der Waals surface area contributed by atoms with E-state index in [4.69, 9.17) is 5.73 Å². The summed E-state index contributed by atoms with van der Waals surface area (Å²) in [6, 6.07) is 4.74. The molecule has 1 atom stereocenters. The van der Waals surface area contributed by atoms with E-state index in [1.165, 1.54) is 6.07 Å². The van der Waals surface area contributed by atoms with Gasteiger partial charge in [0.1, 0.15) is 11.6 Å². The Bertz CT molecular complexity index is 420. The van der Waals surface area contributed by atoms with Crippen LogP contribution in [0, 0.1) is 17.7 Å². The van der Waals surface area contributed by atoms with Crippen LogP contribution >= 0.6 is 15.9 Å². The Labute approximate surface area is 116 Å². The molecule has 0 amide bonds. The number of hydrogen-bond acceptors (Lipinski definition) is 2. The van der Waals surface area contributed by atoms with Gasteiger partial charge in [-0.3, -0.25) is 4.79 Å². The van der Waals surface area contributed by atoms with Crippen molar-refractivity contribution in [3.63, 3.8) is 0 Å². The summed E-state index contributed by atoms with van der Waals surface area (Å²) in [4.78, 5) is 12.1. The fourth-order valence-corrected chi connectivity index (χ4v) is 2.35. The van der Waals surface area contributed by atoms with Crippen molar-refractivity contribution in [1.82, 2.24) is 0 Å². The molecule has 0 spiro atoms. The molecule has 100 valence electrons. The van der Waals surface area contributed by atoms with Crippen molar-refractivity contribution < 1.29 is 9.18 Å². The molecule has 0 aliphatic heterocycles. The molecule has 0 saturated heterocycles. The Morgan fingerprint density at radius 3 is 2.67 bits per heavy atom. The summed E-state index contributed by atoms with van der Waals surface area (Å²) in [5, 5.41) is 0. The number of hydrogen-bond donors (Lipinski definition) is 1. The summed E-state index contributed by atoms with van der Waals surface area (Å²) in [5.74, 6) is 0.0320. The van der Waals surface area contributed by atoms with Crippen LogP contribution in [-0.2, 0) is 11.2 Å². The molecule has 4 heteroatoms. The van der Waals surface area contributed by atoms with Gasteiger partial charge in [-0.2, -0.15) is 0 Å². The molecule has 0 heterocycles. The third-order valence-corrected chi connectivity index (χ3v) is 3.78. The molecule has 2 nitrogen and oxygen atoms in total. The molecule has 1 rings (SSSR count). The molecule has 1 aromatic rings. The van der Waals surface area contributed by atoms with Gasteiger partial charge in [0.05, 0.1) is 4.47 Å². The van der Waals surface area contributed by atoms with Crippen molar-refractivity contribution in [2.24, 2.45) is 17.6 Å². The maximum absolute atomic E-state index is 13.3. The minimum Gasteiger partial charge on any atom is -0.330 e. The highest BCUT2D eigenvalue weighted by molar-refractivity contribution is 9.10. The van der Waals surface area contributed by atoms with Crippen LogP contribution in [0.4, 0.5) is 4.39 Å². The van der Waals surface area contributed by atoms with Crippen molar-refractivity contribution in [2.75, 3.05) is 6.54 Å². The van der Waals surface area contributed by atoms with Crippen LogP contribution in [0.1, 0.15) is 25.8 Å². The number of benzene rings is 1. The second kappa shape index (κ2) is 7.00. The van der Waals surface area contributed by atoms with Gasteiger partial charge in [-0.05, 0) is 39.9 Å². The first-order valence-corrected chi connectivity index (χ1v) is 6.90. The summed E-state index contributed by atoms with van der Waals surface area (Å²) >= 11 is 3.17. The lowest BCUT2D eigenvalue weighted by atomic mass is 9.90. The van der Waals surface area contributed by atoms with Crippen molar-refractivity contribution in [2.45, 2.75) is 26.7 Å². The number of halogens is 2. The van der Waals surface area contributed by atoms with E-state index in [1.807, 2.05) is 0 Å².